The number of anilines is 1. The number of benzene rings is 1. The van der Waals surface area contributed by atoms with Gasteiger partial charge in [0.1, 0.15) is 0 Å². The second-order valence-corrected chi connectivity index (χ2v) is 7.10. The quantitative estimate of drug-likeness (QED) is 0.627. The average molecular weight is 299 g/mol. The Kier molecular flexibility index (Phi) is 3.90. The van der Waals surface area contributed by atoms with Crippen molar-refractivity contribution >= 4 is 28.4 Å². The molecular formula is C17H17NS2. The second-order valence-electron chi connectivity index (χ2n) is 4.84. The van der Waals surface area contributed by atoms with Crippen molar-refractivity contribution in [3.05, 3.63) is 63.7 Å². The van der Waals surface area contributed by atoms with Crippen LogP contribution in [0.2, 0.25) is 0 Å². The van der Waals surface area contributed by atoms with Crippen LogP contribution in [0.3, 0.4) is 0 Å². The van der Waals surface area contributed by atoms with Crippen molar-refractivity contribution in [3.63, 3.8) is 0 Å². The predicted octanol–water partition coefficient (Wildman–Crippen LogP) is 5.96. The van der Waals surface area contributed by atoms with Crippen LogP contribution < -0.4 is 5.32 Å². The van der Waals surface area contributed by atoms with E-state index in [2.05, 4.69) is 73.1 Å². The van der Waals surface area contributed by atoms with E-state index in [1.165, 1.54) is 25.9 Å². The Balaban J connectivity index is 1.88. The monoisotopic (exact) mass is 299 g/mol. The molecule has 0 aliphatic rings. The molecule has 1 aromatic carbocycles. The zero-order valence-electron chi connectivity index (χ0n) is 11.6. The van der Waals surface area contributed by atoms with Crippen LogP contribution in [-0.2, 0) is 0 Å². The molecule has 1 unspecified atom stereocenters. The van der Waals surface area contributed by atoms with Gasteiger partial charge in [-0.3, -0.25) is 0 Å². The fourth-order valence-electron chi connectivity index (χ4n) is 2.25. The summed E-state index contributed by atoms with van der Waals surface area (Å²) in [6, 6.07) is 17.5. The number of rotatable bonds is 4. The highest BCUT2D eigenvalue weighted by Crippen LogP contribution is 2.34. The Bertz CT molecular complexity index is 683. The van der Waals surface area contributed by atoms with Gasteiger partial charge in [-0.25, -0.2) is 0 Å². The fourth-order valence-corrected chi connectivity index (χ4v) is 3.89. The van der Waals surface area contributed by atoms with Gasteiger partial charge in [-0.05, 0) is 43.5 Å². The molecule has 0 radical (unpaired) electrons. The molecule has 3 aromatic rings. The van der Waals surface area contributed by atoms with E-state index in [1.807, 2.05) is 11.3 Å². The van der Waals surface area contributed by atoms with Crippen LogP contribution >= 0.6 is 22.7 Å². The molecule has 1 nitrogen and oxygen atoms in total. The van der Waals surface area contributed by atoms with Crippen molar-refractivity contribution < 1.29 is 0 Å². The van der Waals surface area contributed by atoms with Crippen LogP contribution in [0.4, 0.5) is 5.69 Å². The smallest absolute Gasteiger partial charge is 0.0578 e. The molecule has 0 saturated heterocycles. The zero-order chi connectivity index (χ0) is 13.9. The number of nitrogens with one attached hydrogen (secondary N) is 1. The second kappa shape index (κ2) is 5.81. The van der Waals surface area contributed by atoms with Crippen LogP contribution in [0.5, 0.6) is 0 Å². The minimum absolute atomic E-state index is 0.329. The summed E-state index contributed by atoms with van der Waals surface area (Å²) in [5.74, 6) is 0. The van der Waals surface area contributed by atoms with Crippen LogP contribution in [0, 0.1) is 6.92 Å². The molecule has 0 aliphatic heterocycles. The standard InChI is InChI=1S/C17H17NS2/c1-12-9-10-16(20-12)13(2)18-15-7-4-3-6-14(15)17-8-5-11-19-17/h3-11,13,18H,1-2H3. The van der Waals surface area contributed by atoms with Crippen molar-refractivity contribution in [2.45, 2.75) is 19.9 Å². The fraction of sp³-hybridized carbons (Fsp3) is 0.176. The topological polar surface area (TPSA) is 12.0 Å². The molecule has 0 spiro atoms. The van der Waals surface area contributed by atoms with E-state index in [4.69, 9.17) is 0 Å². The highest BCUT2D eigenvalue weighted by atomic mass is 32.1. The number of hydrogen-bond donors (Lipinski definition) is 1. The molecule has 1 atom stereocenters. The van der Waals surface area contributed by atoms with E-state index >= 15 is 0 Å². The SMILES string of the molecule is Cc1ccc(C(C)Nc2ccccc2-c2cccs2)s1. The third-order valence-corrected chi connectivity index (χ3v) is 5.36. The Labute approximate surface area is 127 Å². The first-order valence-electron chi connectivity index (χ1n) is 6.70. The van der Waals surface area contributed by atoms with E-state index in [0.717, 1.165) is 0 Å². The Morgan fingerprint density at radius 2 is 1.85 bits per heavy atom. The van der Waals surface area contributed by atoms with E-state index in [0.29, 0.717) is 6.04 Å². The van der Waals surface area contributed by atoms with Crippen LogP contribution in [0.1, 0.15) is 22.7 Å². The van der Waals surface area contributed by atoms with Crippen LogP contribution in [0.25, 0.3) is 10.4 Å². The third kappa shape index (κ3) is 2.79. The van der Waals surface area contributed by atoms with Gasteiger partial charge in [0.2, 0.25) is 0 Å². The van der Waals surface area contributed by atoms with Crippen molar-refractivity contribution in [3.8, 4) is 10.4 Å². The summed E-state index contributed by atoms with van der Waals surface area (Å²) in [7, 11) is 0. The summed E-state index contributed by atoms with van der Waals surface area (Å²) < 4.78 is 0. The summed E-state index contributed by atoms with van der Waals surface area (Å²) in [4.78, 5) is 4.05. The molecule has 102 valence electrons. The van der Waals surface area contributed by atoms with E-state index < -0.39 is 0 Å². The van der Waals surface area contributed by atoms with Gasteiger partial charge < -0.3 is 5.32 Å². The van der Waals surface area contributed by atoms with Crippen molar-refractivity contribution in [2.75, 3.05) is 5.32 Å². The number of para-hydroxylation sites is 1. The zero-order valence-corrected chi connectivity index (χ0v) is 13.2. The molecule has 1 N–H and O–H groups in total. The van der Waals surface area contributed by atoms with E-state index in [-0.39, 0.29) is 0 Å². The van der Waals surface area contributed by atoms with Crippen LogP contribution in [0.15, 0.2) is 53.9 Å². The molecular weight excluding hydrogens is 282 g/mol. The highest BCUT2D eigenvalue weighted by molar-refractivity contribution is 7.13. The maximum atomic E-state index is 3.65. The van der Waals surface area contributed by atoms with Crippen molar-refractivity contribution in [1.29, 1.82) is 0 Å². The van der Waals surface area contributed by atoms with E-state index in [9.17, 15) is 0 Å². The summed E-state index contributed by atoms with van der Waals surface area (Å²) in [5, 5.41) is 5.77. The lowest BCUT2D eigenvalue weighted by atomic mass is 10.1. The van der Waals surface area contributed by atoms with Gasteiger partial charge in [-0.2, -0.15) is 0 Å². The lowest BCUT2D eigenvalue weighted by molar-refractivity contribution is 0.909. The van der Waals surface area contributed by atoms with Gasteiger partial charge in [-0.1, -0.05) is 24.3 Å². The normalized spacial score (nSPS) is 12.3. The predicted molar refractivity (Wildman–Crippen MR) is 90.8 cm³/mol. The molecule has 0 fully saturated rings. The van der Waals surface area contributed by atoms with Crippen molar-refractivity contribution in [1.82, 2.24) is 0 Å². The Hall–Kier alpha value is -1.58. The van der Waals surface area contributed by atoms with Gasteiger partial charge in [-0.15, -0.1) is 22.7 Å². The maximum absolute atomic E-state index is 3.65. The van der Waals surface area contributed by atoms with Gasteiger partial charge in [0.15, 0.2) is 0 Å². The average Bonchev–Trinajstić information content (AvgIpc) is 3.10. The maximum Gasteiger partial charge on any atom is 0.0578 e. The third-order valence-electron chi connectivity index (χ3n) is 3.27. The molecule has 0 amide bonds. The molecule has 0 aliphatic carbocycles. The number of hydrogen-bond acceptors (Lipinski definition) is 3. The molecule has 20 heavy (non-hydrogen) atoms. The molecule has 3 rings (SSSR count). The molecule has 3 heteroatoms. The summed E-state index contributed by atoms with van der Waals surface area (Å²) >= 11 is 3.64. The first kappa shape index (κ1) is 13.4. The number of aryl methyl sites for hydroxylation is 1. The molecule has 2 aromatic heterocycles. The Morgan fingerprint density at radius 3 is 2.55 bits per heavy atom. The van der Waals surface area contributed by atoms with Gasteiger partial charge >= 0.3 is 0 Å². The summed E-state index contributed by atoms with van der Waals surface area (Å²) in [6.07, 6.45) is 0. The van der Waals surface area contributed by atoms with Gasteiger partial charge in [0, 0.05) is 25.9 Å². The Morgan fingerprint density at radius 1 is 1.00 bits per heavy atom. The minimum Gasteiger partial charge on any atom is -0.377 e. The summed E-state index contributed by atoms with van der Waals surface area (Å²) in [5.41, 5.74) is 2.48. The largest absolute Gasteiger partial charge is 0.377 e. The first-order valence-corrected chi connectivity index (χ1v) is 8.39. The summed E-state index contributed by atoms with van der Waals surface area (Å²) in [6.45, 7) is 4.37. The van der Waals surface area contributed by atoms with Crippen molar-refractivity contribution in [2.24, 2.45) is 0 Å². The number of thiophene rings is 2. The molecule has 2 heterocycles. The van der Waals surface area contributed by atoms with Crippen LogP contribution in [-0.4, -0.2) is 0 Å². The molecule has 0 bridgehead atoms. The lowest BCUT2D eigenvalue weighted by Crippen LogP contribution is -2.05. The minimum atomic E-state index is 0.329. The molecule has 0 saturated carbocycles. The highest BCUT2D eigenvalue weighted by Gasteiger charge is 2.11. The van der Waals surface area contributed by atoms with Gasteiger partial charge in [0.05, 0.1) is 6.04 Å². The lowest BCUT2D eigenvalue weighted by Gasteiger charge is -2.16. The van der Waals surface area contributed by atoms with Gasteiger partial charge in [0.25, 0.3) is 0 Å². The first-order chi connectivity index (χ1) is 9.74. The van der Waals surface area contributed by atoms with E-state index in [1.54, 1.807) is 11.3 Å².